The Morgan fingerprint density at radius 1 is 1.23 bits per heavy atom. The lowest BCUT2D eigenvalue weighted by Gasteiger charge is -2.19. The van der Waals surface area contributed by atoms with E-state index in [2.05, 4.69) is 10.3 Å². The molecule has 1 amide bonds. The summed E-state index contributed by atoms with van der Waals surface area (Å²) in [5.74, 6) is -0.438. The van der Waals surface area contributed by atoms with Gasteiger partial charge in [0.1, 0.15) is 0 Å². The third-order valence-electron chi connectivity index (χ3n) is 4.07. The second-order valence-corrected chi connectivity index (χ2v) is 7.68. The van der Waals surface area contributed by atoms with Crippen molar-refractivity contribution in [2.24, 2.45) is 5.73 Å². The van der Waals surface area contributed by atoms with Crippen LogP contribution in [-0.4, -0.2) is 49.8 Å². The van der Waals surface area contributed by atoms with Crippen molar-refractivity contribution >= 4 is 26.8 Å². The molecule has 2 rings (SSSR count). The highest BCUT2D eigenvalue weighted by molar-refractivity contribution is 7.89. The van der Waals surface area contributed by atoms with Gasteiger partial charge in [0.05, 0.1) is 10.5 Å². The van der Waals surface area contributed by atoms with Crippen LogP contribution in [0.2, 0.25) is 0 Å². The first kappa shape index (κ1) is 20.1. The van der Waals surface area contributed by atoms with Gasteiger partial charge in [0.2, 0.25) is 15.6 Å². The van der Waals surface area contributed by atoms with Gasteiger partial charge in [-0.05, 0) is 31.2 Å². The normalized spacial score (nSPS) is 11.8. The van der Waals surface area contributed by atoms with Crippen molar-refractivity contribution in [3.8, 4) is 0 Å². The lowest BCUT2D eigenvalue weighted by Crippen LogP contribution is -2.30. The Labute approximate surface area is 152 Å². The molecular formula is C17H24N4O4S. The monoisotopic (exact) mass is 380 g/mol. The lowest BCUT2D eigenvalue weighted by molar-refractivity contribution is 0.0955. The third kappa shape index (κ3) is 4.12. The Hall–Kier alpha value is -2.23. The first-order valence-electron chi connectivity index (χ1n) is 8.50. The number of rotatable bonds is 8. The molecule has 0 spiro atoms. The third-order valence-corrected chi connectivity index (χ3v) is 6.11. The number of aromatic amines is 1. The van der Waals surface area contributed by atoms with E-state index in [4.69, 9.17) is 5.73 Å². The minimum Gasteiger partial charge on any atom is -0.352 e. The number of H-pyrrole nitrogens is 1. The van der Waals surface area contributed by atoms with E-state index in [1.807, 2.05) is 0 Å². The van der Waals surface area contributed by atoms with Crippen LogP contribution in [-0.2, 0) is 10.0 Å². The Morgan fingerprint density at radius 3 is 2.54 bits per heavy atom. The number of nitrogens with one attached hydrogen (secondary N) is 2. The molecule has 0 saturated carbocycles. The predicted octanol–water partition coefficient (Wildman–Crippen LogP) is 0.637. The molecule has 1 aromatic carbocycles. The van der Waals surface area contributed by atoms with Crippen LogP contribution < -0.4 is 16.6 Å². The van der Waals surface area contributed by atoms with Crippen molar-refractivity contribution < 1.29 is 13.2 Å². The van der Waals surface area contributed by atoms with Crippen molar-refractivity contribution in [2.75, 3.05) is 26.2 Å². The highest BCUT2D eigenvalue weighted by Crippen LogP contribution is 2.22. The largest absolute Gasteiger partial charge is 0.352 e. The molecule has 0 radical (unpaired) electrons. The molecule has 0 aliphatic rings. The van der Waals surface area contributed by atoms with Gasteiger partial charge in [-0.15, -0.1) is 0 Å². The molecule has 8 nitrogen and oxygen atoms in total. The summed E-state index contributed by atoms with van der Waals surface area (Å²) in [5, 5.41) is 3.07. The average Bonchev–Trinajstić information content (AvgIpc) is 2.61. The number of fused-ring (bicyclic) bond motifs is 1. The first-order chi connectivity index (χ1) is 12.3. The SMILES string of the molecule is CCN(CC)S(=O)(=O)c1ccc2[nH]c(=O)cc(C(=O)NCCCN)c2c1. The molecule has 0 aliphatic heterocycles. The molecule has 9 heteroatoms. The van der Waals surface area contributed by atoms with Gasteiger partial charge in [-0.1, -0.05) is 13.8 Å². The smallest absolute Gasteiger partial charge is 0.252 e. The molecule has 4 N–H and O–H groups in total. The van der Waals surface area contributed by atoms with Crippen LogP contribution in [0.5, 0.6) is 0 Å². The number of pyridine rings is 1. The Balaban J connectivity index is 2.57. The summed E-state index contributed by atoms with van der Waals surface area (Å²) >= 11 is 0. The minimum atomic E-state index is -3.67. The fourth-order valence-corrected chi connectivity index (χ4v) is 4.18. The number of hydrogen-bond acceptors (Lipinski definition) is 5. The van der Waals surface area contributed by atoms with Crippen LogP contribution in [0.15, 0.2) is 34.0 Å². The Morgan fingerprint density at radius 2 is 1.92 bits per heavy atom. The number of benzene rings is 1. The van der Waals surface area contributed by atoms with E-state index < -0.39 is 21.5 Å². The van der Waals surface area contributed by atoms with Gasteiger partial charge in [0.25, 0.3) is 5.91 Å². The highest BCUT2D eigenvalue weighted by Gasteiger charge is 2.23. The molecule has 0 atom stereocenters. The summed E-state index contributed by atoms with van der Waals surface area (Å²) in [6.45, 7) is 5.01. The number of carbonyl (C=O) groups excluding carboxylic acids is 1. The Bertz CT molecular complexity index is 949. The van der Waals surface area contributed by atoms with Gasteiger partial charge in [0.15, 0.2) is 0 Å². The number of nitrogens with two attached hydrogens (primary N) is 1. The molecule has 0 unspecified atom stereocenters. The molecule has 0 aliphatic carbocycles. The second-order valence-electron chi connectivity index (χ2n) is 5.74. The van der Waals surface area contributed by atoms with Crippen LogP contribution >= 0.6 is 0 Å². The van der Waals surface area contributed by atoms with Gasteiger partial charge < -0.3 is 16.0 Å². The number of nitrogens with zero attached hydrogens (tertiary/aromatic N) is 1. The zero-order chi connectivity index (χ0) is 19.3. The van der Waals surface area contributed by atoms with Crippen LogP contribution in [0.1, 0.15) is 30.6 Å². The van der Waals surface area contributed by atoms with E-state index in [1.165, 1.54) is 28.6 Å². The molecule has 1 aromatic heterocycles. The van der Waals surface area contributed by atoms with Crippen LogP contribution in [0, 0.1) is 0 Å². The van der Waals surface area contributed by atoms with Crippen molar-refractivity contribution in [2.45, 2.75) is 25.2 Å². The van der Waals surface area contributed by atoms with E-state index >= 15 is 0 Å². The summed E-state index contributed by atoms with van der Waals surface area (Å²) < 4.78 is 26.8. The minimum absolute atomic E-state index is 0.0803. The number of sulfonamides is 1. The van der Waals surface area contributed by atoms with E-state index in [0.29, 0.717) is 43.5 Å². The second kappa shape index (κ2) is 8.43. The highest BCUT2D eigenvalue weighted by atomic mass is 32.2. The molecule has 2 aromatic rings. The van der Waals surface area contributed by atoms with Gasteiger partial charge >= 0.3 is 0 Å². The molecule has 26 heavy (non-hydrogen) atoms. The van der Waals surface area contributed by atoms with Crippen molar-refractivity contribution in [1.29, 1.82) is 0 Å². The van der Waals surface area contributed by atoms with Crippen LogP contribution in [0.3, 0.4) is 0 Å². The van der Waals surface area contributed by atoms with Crippen molar-refractivity contribution in [3.63, 3.8) is 0 Å². The maximum atomic E-state index is 12.7. The predicted molar refractivity (Wildman–Crippen MR) is 101 cm³/mol. The number of aromatic nitrogens is 1. The fourth-order valence-electron chi connectivity index (χ4n) is 2.69. The summed E-state index contributed by atoms with van der Waals surface area (Å²) in [5.41, 5.74) is 5.52. The quantitative estimate of drug-likeness (QED) is 0.580. The summed E-state index contributed by atoms with van der Waals surface area (Å²) in [6.07, 6.45) is 0.606. The van der Waals surface area contributed by atoms with E-state index in [1.54, 1.807) is 13.8 Å². The summed E-state index contributed by atoms with van der Waals surface area (Å²) in [7, 11) is -3.67. The van der Waals surface area contributed by atoms with E-state index in [9.17, 15) is 18.0 Å². The molecular weight excluding hydrogens is 356 g/mol. The van der Waals surface area contributed by atoms with E-state index in [-0.39, 0.29) is 10.5 Å². The molecule has 1 heterocycles. The van der Waals surface area contributed by atoms with Crippen molar-refractivity contribution in [1.82, 2.24) is 14.6 Å². The topological polar surface area (TPSA) is 125 Å². The summed E-state index contributed by atoms with van der Waals surface area (Å²) in [4.78, 5) is 27.0. The standard InChI is InChI=1S/C17H24N4O4S/c1-3-21(4-2)26(24,25)12-6-7-15-13(10-12)14(11-16(22)20-15)17(23)19-9-5-8-18/h6-7,10-11H,3-5,8-9,18H2,1-2H3,(H,19,23)(H,20,22). The van der Waals surface area contributed by atoms with Crippen molar-refractivity contribution in [3.05, 3.63) is 40.2 Å². The molecule has 0 saturated heterocycles. The molecule has 142 valence electrons. The zero-order valence-electron chi connectivity index (χ0n) is 14.9. The average molecular weight is 380 g/mol. The number of amides is 1. The fraction of sp³-hybridized carbons (Fsp3) is 0.412. The van der Waals surface area contributed by atoms with E-state index in [0.717, 1.165) is 0 Å². The van der Waals surface area contributed by atoms with Gasteiger partial charge in [-0.3, -0.25) is 9.59 Å². The Kier molecular flexibility index (Phi) is 6.52. The van der Waals surface area contributed by atoms with Crippen LogP contribution in [0.25, 0.3) is 10.9 Å². The molecule has 0 bridgehead atoms. The van der Waals surface area contributed by atoms with Crippen LogP contribution in [0.4, 0.5) is 0 Å². The number of hydrogen-bond donors (Lipinski definition) is 3. The molecule has 0 fully saturated rings. The lowest BCUT2D eigenvalue weighted by atomic mass is 10.1. The van der Waals surface area contributed by atoms with Gasteiger partial charge in [-0.25, -0.2) is 8.42 Å². The van der Waals surface area contributed by atoms with Gasteiger partial charge in [0, 0.05) is 36.6 Å². The summed E-state index contributed by atoms with van der Waals surface area (Å²) in [6, 6.07) is 5.54. The maximum absolute atomic E-state index is 12.7. The van der Waals surface area contributed by atoms with Gasteiger partial charge in [-0.2, -0.15) is 4.31 Å². The number of carbonyl (C=O) groups is 1. The zero-order valence-corrected chi connectivity index (χ0v) is 15.7. The maximum Gasteiger partial charge on any atom is 0.252 e. The first-order valence-corrected chi connectivity index (χ1v) is 9.94.